The molecule has 5 nitrogen and oxygen atoms in total. The number of nitrogens with one attached hydrogen (secondary N) is 1. The third-order valence-corrected chi connectivity index (χ3v) is 6.25. The number of para-hydroxylation sites is 1. The van der Waals surface area contributed by atoms with Gasteiger partial charge in [0.1, 0.15) is 11.8 Å². The summed E-state index contributed by atoms with van der Waals surface area (Å²) < 4.78 is 5.93. The van der Waals surface area contributed by atoms with E-state index in [1.807, 2.05) is 61.5 Å². The van der Waals surface area contributed by atoms with Gasteiger partial charge in [-0.05, 0) is 49.3 Å². The molecule has 0 aliphatic heterocycles. The minimum Gasteiger partial charge on any atom is -0.483 e. The minimum absolute atomic E-state index is 0.0825. The van der Waals surface area contributed by atoms with E-state index < -0.39 is 6.04 Å². The smallest absolute Gasteiger partial charge is 0.261 e. The lowest BCUT2D eigenvalue weighted by atomic mass is 10.0. The Kier molecular flexibility index (Phi) is 8.72. The Bertz CT molecular complexity index is 875. The van der Waals surface area contributed by atoms with Crippen molar-refractivity contribution in [3.63, 3.8) is 0 Å². The maximum atomic E-state index is 13.2. The highest BCUT2D eigenvalue weighted by Crippen LogP contribution is 2.26. The highest BCUT2D eigenvalue weighted by Gasteiger charge is 2.28. The van der Waals surface area contributed by atoms with E-state index in [-0.39, 0.29) is 24.5 Å². The lowest BCUT2D eigenvalue weighted by Gasteiger charge is -2.30. The number of carbonyl (C=O) groups excluding carboxylic acids is 2. The predicted octanol–water partition coefficient (Wildman–Crippen LogP) is 4.71. The zero-order chi connectivity index (χ0) is 22.9. The van der Waals surface area contributed by atoms with Gasteiger partial charge in [-0.3, -0.25) is 9.59 Å². The van der Waals surface area contributed by atoms with E-state index in [2.05, 4.69) is 19.2 Å². The van der Waals surface area contributed by atoms with Gasteiger partial charge in [0, 0.05) is 12.6 Å². The normalized spacial score (nSPS) is 14.9. The lowest BCUT2D eigenvalue weighted by molar-refractivity contribution is -0.141. The molecule has 1 aliphatic carbocycles. The lowest BCUT2D eigenvalue weighted by Crippen LogP contribution is -2.51. The molecule has 2 amide bonds. The molecular weight excluding hydrogens is 400 g/mol. The van der Waals surface area contributed by atoms with Crippen LogP contribution in [0.5, 0.6) is 5.75 Å². The topological polar surface area (TPSA) is 58.6 Å². The first kappa shape index (κ1) is 23.8. The molecule has 1 fully saturated rings. The summed E-state index contributed by atoms with van der Waals surface area (Å²) in [6.45, 7) is 6.41. The average Bonchev–Trinajstić information content (AvgIpc) is 3.31. The number of benzene rings is 2. The zero-order valence-corrected chi connectivity index (χ0v) is 19.5. The monoisotopic (exact) mass is 436 g/mol. The summed E-state index contributed by atoms with van der Waals surface area (Å²) in [5.74, 6) is 0.767. The SMILES string of the molecule is CC(C)c1ccccc1OCC(=O)N(CCc1ccccc1)[C@@H](C)C(=O)NC1CCCC1. The first-order valence-corrected chi connectivity index (χ1v) is 11.8. The summed E-state index contributed by atoms with van der Waals surface area (Å²) in [7, 11) is 0. The summed E-state index contributed by atoms with van der Waals surface area (Å²) >= 11 is 0. The molecule has 0 aromatic heterocycles. The van der Waals surface area contributed by atoms with Crippen LogP contribution in [0.2, 0.25) is 0 Å². The van der Waals surface area contributed by atoms with E-state index in [9.17, 15) is 9.59 Å². The molecule has 0 bridgehead atoms. The van der Waals surface area contributed by atoms with Crippen LogP contribution in [-0.4, -0.2) is 41.9 Å². The Morgan fingerprint density at radius 2 is 1.66 bits per heavy atom. The van der Waals surface area contributed by atoms with Crippen molar-refractivity contribution in [1.29, 1.82) is 0 Å². The Hall–Kier alpha value is -2.82. The zero-order valence-electron chi connectivity index (χ0n) is 19.5. The molecule has 1 saturated carbocycles. The molecule has 1 aliphatic rings. The van der Waals surface area contributed by atoms with E-state index in [4.69, 9.17) is 4.74 Å². The maximum absolute atomic E-state index is 13.2. The van der Waals surface area contributed by atoms with Crippen LogP contribution >= 0.6 is 0 Å². The summed E-state index contributed by atoms with van der Waals surface area (Å²) in [6, 6.07) is 17.5. The molecule has 2 aromatic rings. The van der Waals surface area contributed by atoms with E-state index in [1.54, 1.807) is 4.90 Å². The summed E-state index contributed by atoms with van der Waals surface area (Å²) in [5.41, 5.74) is 2.21. The van der Waals surface area contributed by atoms with Gasteiger partial charge in [0.2, 0.25) is 5.91 Å². The number of rotatable bonds is 10. The molecule has 1 atom stereocenters. The third-order valence-electron chi connectivity index (χ3n) is 6.25. The van der Waals surface area contributed by atoms with E-state index >= 15 is 0 Å². The van der Waals surface area contributed by atoms with Crippen molar-refractivity contribution in [1.82, 2.24) is 10.2 Å². The van der Waals surface area contributed by atoms with Crippen LogP contribution in [0.15, 0.2) is 54.6 Å². The highest BCUT2D eigenvalue weighted by atomic mass is 16.5. The summed E-state index contributed by atoms with van der Waals surface area (Å²) in [5, 5.41) is 3.14. The number of hydrogen-bond donors (Lipinski definition) is 1. The fraction of sp³-hybridized carbons (Fsp3) is 0.481. The van der Waals surface area contributed by atoms with Gasteiger partial charge in [0.15, 0.2) is 6.61 Å². The molecule has 5 heteroatoms. The number of hydrogen-bond acceptors (Lipinski definition) is 3. The number of ether oxygens (including phenoxy) is 1. The van der Waals surface area contributed by atoms with Crippen molar-refractivity contribution in [2.75, 3.05) is 13.2 Å². The molecular formula is C27H36N2O3. The van der Waals surface area contributed by atoms with Gasteiger partial charge in [-0.2, -0.15) is 0 Å². The van der Waals surface area contributed by atoms with Crippen LogP contribution in [0.25, 0.3) is 0 Å². The van der Waals surface area contributed by atoms with Gasteiger partial charge in [0.05, 0.1) is 0 Å². The summed E-state index contributed by atoms with van der Waals surface area (Å²) in [6.07, 6.45) is 5.03. The standard InChI is InChI=1S/C27H36N2O3/c1-20(2)24-15-9-10-16-25(24)32-19-26(30)29(18-17-22-11-5-4-6-12-22)21(3)27(31)28-23-13-7-8-14-23/h4-6,9-12,15-16,20-21,23H,7-8,13-14,17-19H2,1-3H3,(H,28,31)/t21-/m0/s1. The second-order valence-electron chi connectivity index (χ2n) is 8.97. The molecule has 1 N–H and O–H groups in total. The second-order valence-corrected chi connectivity index (χ2v) is 8.97. The minimum atomic E-state index is -0.546. The fourth-order valence-electron chi connectivity index (χ4n) is 4.27. The van der Waals surface area contributed by atoms with Crippen LogP contribution in [0, 0.1) is 0 Å². The molecule has 0 unspecified atom stereocenters. The first-order valence-electron chi connectivity index (χ1n) is 11.8. The van der Waals surface area contributed by atoms with E-state index in [1.165, 1.54) is 0 Å². The highest BCUT2D eigenvalue weighted by molar-refractivity contribution is 5.88. The predicted molar refractivity (Wildman–Crippen MR) is 128 cm³/mol. The van der Waals surface area contributed by atoms with Gasteiger partial charge < -0.3 is 15.0 Å². The molecule has 32 heavy (non-hydrogen) atoms. The number of nitrogens with zero attached hydrogens (tertiary/aromatic N) is 1. The van der Waals surface area contributed by atoms with Gasteiger partial charge >= 0.3 is 0 Å². The largest absolute Gasteiger partial charge is 0.483 e. The average molecular weight is 437 g/mol. The quantitative estimate of drug-likeness (QED) is 0.587. The molecule has 2 aromatic carbocycles. The van der Waals surface area contributed by atoms with Crippen molar-refractivity contribution < 1.29 is 14.3 Å². The second kappa shape index (κ2) is 11.7. The Labute approximate surface area is 192 Å². The maximum Gasteiger partial charge on any atom is 0.261 e. The summed E-state index contributed by atoms with van der Waals surface area (Å²) in [4.78, 5) is 27.8. The Balaban J connectivity index is 1.68. The van der Waals surface area contributed by atoms with Gasteiger partial charge in [-0.1, -0.05) is 75.2 Å². The van der Waals surface area contributed by atoms with Crippen molar-refractivity contribution in [2.24, 2.45) is 0 Å². The number of carbonyl (C=O) groups is 2. The van der Waals surface area contributed by atoms with Crippen molar-refractivity contribution in [2.45, 2.75) is 70.9 Å². The van der Waals surface area contributed by atoms with Crippen LogP contribution in [0.4, 0.5) is 0 Å². The van der Waals surface area contributed by atoms with E-state index in [0.717, 1.165) is 42.6 Å². The van der Waals surface area contributed by atoms with Gasteiger partial charge in [-0.25, -0.2) is 0 Å². The molecule has 0 heterocycles. The van der Waals surface area contributed by atoms with Gasteiger partial charge in [-0.15, -0.1) is 0 Å². The van der Waals surface area contributed by atoms with Crippen LogP contribution in [0.3, 0.4) is 0 Å². The van der Waals surface area contributed by atoms with Crippen molar-refractivity contribution in [3.8, 4) is 5.75 Å². The van der Waals surface area contributed by atoms with Gasteiger partial charge in [0.25, 0.3) is 5.91 Å². The molecule has 3 rings (SSSR count). The Morgan fingerprint density at radius 1 is 1.00 bits per heavy atom. The Morgan fingerprint density at radius 3 is 2.34 bits per heavy atom. The van der Waals surface area contributed by atoms with Crippen LogP contribution in [0.1, 0.15) is 63.5 Å². The van der Waals surface area contributed by atoms with Crippen molar-refractivity contribution >= 4 is 11.8 Å². The van der Waals surface area contributed by atoms with Crippen molar-refractivity contribution in [3.05, 3.63) is 65.7 Å². The molecule has 0 radical (unpaired) electrons. The molecule has 172 valence electrons. The molecule has 0 saturated heterocycles. The number of amides is 2. The van der Waals surface area contributed by atoms with E-state index in [0.29, 0.717) is 18.9 Å². The fourth-order valence-corrected chi connectivity index (χ4v) is 4.27. The van der Waals surface area contributed by atoms with Crippen LogP contribution in [-0.2, 0) is 16.0 Å². The third kappa shape index (κ3) is 6.59. The first-order chi connectivity index (χ1) is 15.5. The van der Waals surface area contributed by atoms with Crippen LogP contribution < -0.4 is 10.1 Å². The molecule has 0 spiro atoms.